The molecule has 0 bridgehead atoms. The molecule has 0 aliphatic rings. The molecule has 0 heterocycles. The Morgan fingerprint density at radius 1 is 1.12 bits per heavy atom. The van der Waals surface area contributed by atoms with Gasteiger partial charge in [-0.25, -0.2) is 4.39 Å². The van der Waals surface area contributed by atoms with Crippen LogP contribution in [0.1, 0.15) is 16.7 Å². The lowest BCUT2D eigenvalue weighted by molar-refractivity contribution is -0.137. The Balaban J connectivity index is 2.02. The molecule has 8 heteroatoms. The van der Waals surface area contributed by atoms with E-state index in [1.54, 1.807) is 0 Å². The van der Waals surface area contributed by atoms with Gasteiger partial charge in [-0.3, -0.25) is 0 Å². The number of alkyl halides is 3. The monoisotopic (exact) mass is 355 g/mol. The predicted octanol–water partition coefficient (Wildman–Crippen LogP) is 4.43. The first-order chi connectivity index (χ1) is 11.4. The molecule has 3 nitrogen and oxygen atoms in total. The van der Waals surface area contributed by atoms with Crippen LogP contribution in [0.4, 0.5) is 17.6 Å². The molecule has 0 saturated carbocycles. The SMILES string of the molecule is NC(=NN=Cc1cc(C(F)(F)F)ccc1F)SCc1ccccc1. The number of amidine groups is 1. The van der Waals surface area contributed by atoms with Gasteiger partial charge in [-0.15, -0.1) is 5.10 Å². The number of nitrogens with two attached hydrogens (primary N) is 1. The van der Waals surface area contributed by atoms with Gasteiger partial charge in [0.15, 0.2) is 5.17 Å². The number of benzene rings is 2. The number of rotatable bonds is 4. The summed E-state index contributed by atoms with van der Waals surface area (Å²) in [5, 5.41) is 7.32. The Bertz CT molecular complexity index is 743. The third kappa shape index (κ3) is 5.38. The number of thioether (sulfide) groups is 1. The summed E-state index contributed by atoms with van der Waals surface area (Å²) in [6, 6.07) is 11.6. The van der Waals surface area contributed by atoms with Crippen LogP contribution in [-0.4, -0.2) is 11.4 Å². The van der Waals surface area contributed by atoms with Gasteiger partial charge in [-0.1, -0.05) is 42.1 Å². The Labute approximate surface area is 140 Å². The Kier molecular flexibility index (Phi) is 5.97. The van der Waals surface area contributed by atoms with Crippen molar-refractivity contribution in [2.75, 3.05) is 0 Å². The molecule has 0 aliphatic carbocycles. The van der Waals surface area contributed by atoms with E-state index in [1.807, 2.05) is 30.3 Å². The molecule has 0 saturated heterocycles. The van der Waals surface area contributed by atoms with Crippen LogP contribution in [-0.2, 0) is 11.9 Å². The van der Waals surface area contributed by atoms with Crippen LogP contribution in [0, 0.1) is 5.82 Å². The van der Waals surface area contributed by atoms with E-state index < -0.39 is 17.6 Å². The minimum Gasteiger partial charge on any atom is -0.377 e. The average Bonchev–Trinajstić information content (AvgIpc) is 2.54. The summed E-state index contributed by atoms with van der Waals surface area (Å²) in [6.45, 7) is 0. The van der Waals surface area contributed by atoms with Crippen molar-refractivity contribution in [2.24, 2.45) is 15.9 Å². The number of halogens is 4. The molecule has 2 aromatic carbocycles. The molecule has 24 heavy (non-hydrogen) atoms. The number of nitrogens with zero attached hydrogens (tertiary/aromatic N) is 2. The quantitative estimate of drug-likeness (QED) is 0.382. The summed E-state index contributed by atoms with van der Waals surface area (Å²) in [5.74, 6) is -0.249. The van der Waals surface area contributed by atoms with Crippen molar-refractivity contribution in [2.45, 2.75) is 11.9 Å². The summed E-state index contributed by atoms with van der Waals surface area (Å²) >= 11 is 1.22. The van der Waals surface area contributed by atoms with Gasteiger partial charge in [0.25, 0.3) is 0 Å². The van der Waals surface area contributed by atoms with Crippen molar-refractivity contribution in [1.29, 1.82) is 0 Å². The van der Waals surface area contributed by atoms with E-state index in [2.05, 4.69) is 10.2 Å². The van der Waals surface area contributed by atoms with Gasteiger partial charge in [0.05, 0.1) is 11.8 Å². The molecule has 0 unspecified atom stereocenters. The highest BCUT2D eigenvalue weighted by molar-refractivity contribution is 8.13. The third-order valence-electron chi connectivity index (χ3n) is 2.91. The normalized spacial score (nSPS) is 12.8. The maximum atomic E-state index is 13.5. The molecular formula is C16H13F4N3S. The van der Waals surface area contributed by atoms with E-state index in [0.717, 1.165) is 17.8 Å². The molecule has 2 aromatic rings. The van der Waals surface area contributed by atoms with Gasteiger partial charge in [0.2, 0.25) is 0 Å². The van der Waals surface area contributed by atoms with Crippen molar-refractivity contribution in [3.63, 3.8) is 0 Å². The predicted molar refractivity (Wildman–Crippen MR) is 88.4 cm³/mol. The van der Waals surface area contributed by atoms with Gasteiger partial charge in [-0.2, -0.15) is 18.3 Å². The lowest BCUT2D eigenvalue weighted by Gasteiger charge is -2.07. The van der Waals surface area contributed by atoms with E-state index in [9.17, 15) is 17.6 Å². The molecule has 126 valence electrons. The Morgan fingerprint density at radius 2 is 1.83 bits per heavy atom. The lowest BCUT2D eigenvalue weighted by atomic mass is 10.1. The van der Waals surface area contributed by atoms with E-state index in [1.165, 1.54) is 11.8 Å². The molecular weight excluding hydrogens is 342 g/mol. The van der Waals surface area contributed by atoms with Gasteiger partial charge >= 0.3 is 6.18 Å². The summed E-state index contributed by atoms with van der Waals surface area (Å²) in [7, 11) is 0. The summed E-state index contributed by atoms with van der Waals surface area (Å²) in [5.41, 5.74) is 5.42. The second kappa shape index (κ2) is 7.96. The van der Waals surface area contributed by atoms with Crippen LogP contribution in [0.25, 0.3) is 0 Å². The zero-order valence-corrected chi connectivity index (χ0v) is 13.1. The van der Waals surface area contributed by atoms with Crippen LogP contribution in [0.5, 0.6) is 0 Å². The maximum Gasteiger partial charge on any atom is 0.416 e. The van der Waals surface area contributed by atoms with E-state index in [4.69, 9.17) is 5.73 Å². The number of hydrogen-bond donors (Lipinski definition) is 1. The second-order valence-electron chi connectivity index (χ2n) is 4.69. The molecule has 0 aromatic heterocycles. The zero-order valence-electron chi connectivity index (χ0n) is 12.3. The third-order valence-corrected chi connectivity index (χ3v) is 3.76. The molecule has 0 fully saturated rings. The smallest absolute Gasteiger partial charge is 0.377 e. The molecule has 0 spiro atoms. The standard InChI is InChI=1S/C16H13F4N3S/c17-14-7-6-13(16(18,19)20)8-12(14)9-22-23-15(21)24-10-11-4-2-1-3-5-11/h1-9H,10H2,(H2,21,23). The maximum absolute atomic E-state index is 13.5. The first kappa shape index (κ1) is 18.0. The van der Waals surface area contributed by atoms with Crippen molar-refractivity contribution < 1.29 is 17.6 Å². The molecule has 0 aliphatic heterocycles. The fourth-order valence-corrected chi connectivity index (χ4v) is 2.34. The first-order valence-corrected chi connectivity index (χ1v) is 7.75. The van der Waals surface area contributed by atoms with Crippen LogP contribution in [0.15, 0.2) is 58.7 Å². The van der Waals surface area contributed by atoms with Crippen molar-refractivity contribution in [1.82, 2.24) is 0 Å². The molecule has 2 rings (SSSR count). The van der Waals surface area contributed by atoms with Crippen molar-refractivity contribution in [3.8, 4) is 0 Å². The highest BCUT2D eigenvalue weighted by Crippen LogP contribution is 2.30. The molecule has 2 N–H and O–H groups in total. The van der Waals surface area contributed by atoms with Crippen LogP contribution >= 0.6 is 11.8 Å². The van der Waals surface area contributed by atoms with Gasteiger partial charge in [-0.05, 0) is 23.8 Å². The minimum atomic E-state index is -4.55. The van der Waals surface area contributed by atoms with E-state index in [-0.39, 0.29) is 10.7 Å². The minimum absolute atomic E-state index is 0.127. The highest BCUT2D eigenvalue weighted by atomic mass is 32.2. The van der Waals surface area contributed by atoms with Crippen LogP contribution in [0.3, 0.4) is 0 Å². The van der Waals surface area contributed by atoms with Crippen LogP contribution in [0.2, 0.25) is 0 Å². The number of hydrogen-bond acceptors (Lipinski definition) is 3. The fraction of sp³-hybridized carbons (Fsp3) is 0.125. The van der Waals surface area contributed by atoms with Crippen molar-refractivity contribution >= 4 is 23.1 Å². The molecule has 0 radical (unpaired) electrons. The molecule has 0 atom stereocenters. The average molecular weight is 355 g/mol. The van der Waals surface area contributed by atoms with Gasteiger partial charge < -0.3 is 5.73 Å². The zero-order chi connectivity index (χ0) is 17.6. The fourth-order valence-electron chi connectivity index (χ4n) is 1.73. The first-order valence-electron chi connectivity index (χ1n) is 6.76. The summed E-state index contributed by atoms with van der Waals surface area (Å²) in [4.78, 5) is 0. The highest BCUT2D eigenvalue weighted by Gasteiger charge is 2.30. The van der Waals surface area contributed by atoms with E-state index in [0.29, 0.717) is 17.9 Å². The van der Waals surface area contributed by atoms with Gasteiger partial charge in [0, 0.05) is 11.3 Å². The van der Waals surface area contributed by atoms with E-state index >= 15 is 0 Å². The lowest BCUT2D eigenvalue weighted by Crippen LogP contribution is -2.07. The van der Waals surface area contributed by atoms with Gasteiger partial charge in [0.1, 0.15) is 5.82 Å². The largest absolute Gasteiger partial charge is 0.416 e. The second-order valence-corrected chi connectivity index (χ2v) is 5.69. The molecule has 0 amide bonds. The summed E-state index contributed by atoms with van der Waals surface area (Å²) < 4.78 is 51.3. The van der Waals surface area contributed by atoms with Crippen LogP contribution < -0.4 is 5.73 Å². The Morgan fingerprint density at radius 3 is 2.50 bits per heavy atom. The Hall–Kier alpha value is -2.35. The van der Waals surface area contributed by atoms with Crippen molar-refractivity contribution in [3.05, 3.63) is 71.0 Å². The topological polar surface area (TPSA) is 50.7 Å². The summed E-state index contributed by atoms with van der Waals surface area (Å²) in [6.07, 6.45) is -3.65.